The molecule has 47 heavy (non-hydrogen) atoms. The van der Waals surface area contributed by atoms with Crippen molar-refractivity contribution in [3.63, 3.8) is 0 Å². The first-order valence-corrected chi connectivity index (χ1v) is 13.5. The average molecular weight is 743 g/mol. The fraction of sp³-hybridized carbons (Fsp3) is 0.222. The molecule has 3 aromatic rings. The van der Waals surface area contributed by atoms with E-state index < -0.39 is 97.7 Å². The molecule has 1 aliphatic rings. The lowest BCUT2D eigenvalue weighted by molar-refractivity contribution is -0.167. The minimum absolute atomic E-state index is 0.122. The zero-order valence-corrected chi connectivity index (χ0v) is 24.6. The summed E-state index contributed by atoms with van der Waals surface area (Å²) in [6, 6.07) is 4.67. The third-order valence-corrected chi connectivity index (χ3v) is 7.89. The van der Waals surface area contributed by atoms with Crippen molar-refractivity contribution in [2.45, 2.75) is 28.8 Å². The molecular formula is C27H13Cl3F11N3O3. The van der Waals surface area contributed by atoms with Crippen LogP contribution >= 0.6 is 34.8 Å². The second-order valence-corrected chi connectivity index (χ2v) is 11.7. The van der Waals surface area contributed by atoms with Gasteiger partial charge in [-0.05, 0) is 54.1 Å². The summed E-state index contributed by atoms with van der Waals surface area (Å²) in [5.41, 5.74) is -7.19. The van der Waals surface area contributed by atoms with Gasteiger partial charge in [-0.1, -0.05) is 11.6 Å². The summed E-state index contributed by atoms with van der Waals surface area (Å²) < 4.78 is 144. The molecule has 6 nitrogen and oxygen atoms in total. The van der Waals surface area contributed by atoms with Crippen molar-refractivity contribution in [1.82, 2.24) is 0 Å². The number of amides is 3. The van der Waals surface area contributed by atoms with Crippen LogP contribution in [0.15, 0.2) is 48.5 Å². The fourth-order valence-corrected chi connectivity index (χ4v) is 5.39. The predicted octanol–water partition coefficient (Wildman–Crippen LogP) is 8.93. The molecule has 0 unspecified atom stereocenters. The van der Waals surface area contributed by atoms with Crippen molar-refractivity contribution in [2.24, 2.45) is 5.92 Å². The largest absolute Gasteiger partial charge is 0.471 e. The van der Waals surface area contributed by atoms with Gasteiger partial charge < -0.3 is 16.0 Å². The number of carbonyl (C=O) groups is 3. The predicted molar refractivity (Wildman–Crippen MR) is 146 cm³/mol. The number of alkyl halides is 11. The van der Waals surface area contributed by atoms with Crippen LogP contribution in [0.5, 0.6) is 0 Å². The summed E-state index contributed by atoms with van der Waals surface area (Å²) >= 11 is 18.2. The maximum atomic E-state index is 14.8. The van der Waals surface area contributed by atoms with E-state index in [1.807, 2.05) is 5.32 Å². The molecule has 0 bridgehead atoms. The molecule has 20 heteroatoms. The minimum atomic E-state index is -5.51. The van der Waals surface area contributed by atoms with Crippen molar-refractivity contribution >= 4 is 69.6 Å². The van der Waals surface area contributed by atoms with Crippen LogP contribution in [0, 0.1) is 17.6 Å². The van der Waals surface area contributed by atoms with E-state index in [9.17, 15) is 62.7 Å². The number of carbonyl (C=O) groups excluding carboxylic acids is 3. The van der Waals surface area contributed by atoms with E-state index in [0.29, 0.717) is 24.3 Å². The summed E-state index contributed by atoms with van der Waals surface area (Å²) in [7, 11) is 0. The van der Waals surface area contributed by atoms with E-state index in [0.717, 1.165) is 23.5 Å². The lowest BCUT2D eigenvalue weighted by Gasteiger charge is -2.14. The second kappa shape index (κ2) is 12.3. The Labute approximate surface area is 270 Å². The fourth-order valence-electron chi connectivity index (χ4n) is 4.36. The number of nitrogens with one attached hydrogen (secondary N) is 3. The molecule has 0 heterocycles. The summed E-state index contributed by atoms with van der Waals surface area (Å²) in [5, 5.41) is 4.79. The average Bonchev–Trinajstić information content (AvgIpc) is 3.53. The quantitative estimate of drug-likeness (QED) is 0.174. The maximum absolute atomic E-state index is 14.8. The smallest absolute Gasteiger partial charge is 0.326 e. The molecule has 3 N–H and O–H groups in total. The Balaban J connectivity index is 1.56. The molecule has 1 saturated carbocycles. The summed E-state index contributed by atoms with van der Waals surface area (Å²) in [5.74, 6) is -11.6. The van der Waals surface area contributed by atoms with Gasteiger partial charge in [-0.2, -0.15) is 39.5 Å². The highest BCUT2D eigenvalue weighted by Gasteiger charge is 2.68. The van der Waals surface area contributed by atoms with E-state index in [-0.39, 0.29) is 16.8 Å². The van der Waals surface area contributed by atoms with Crippen molar-refractivity contribution in [1.29, 1.82) is 0 Å². The van der Waals surface area contributed by atoms with Crippen LogP contribution in [0.3, 0.4) is 0 Å². The Kier molecular flexibility index (Phi) is 9.44. The number of rotatable bonds is 6. The van der Waals surface area contributed by atoms with Gasteiger partial charge in [-0.15, -0.1) is 23.2 Å². The molecule has 3 aromatic carbocycles. The Hall–Kier alpha value is -3.83. The van der Waals surface area contributed by atoms with Crippen LogP contribution in [0.25, 0.3) is 0 Å². The van der Waals surface area contributed by atoms with Crippen LogP contribution in [0.2, 0.25) is 5.02 Å². The number of hydrogen-bond acceptors (Lipinski definition) is 3. The third kappa shape index (κ3) is 7.67. The summed E-state index contributed by atoms with van der Waals surface area (Å²) in [6.07, 6.45) is -15.9. The molecule has 0 spiro atoms. The Morgan fingerprint density at radius 2 is 1.32 bits per heavy atom. The standard InChI is InChI=1S/C27H13Cl3F11N3O3/c28-14-2-1-12(8-13(14)21(45)43-16-4-3-15(31)20(19(16)32)44-23(47)27(39,40)41)42-22(46)18-17(24(18,29)30)9-5-10(25(33,34)35)7-11(6-9)26(36,37)38/h1-8,17-18H,(H,42,46)(H,43,45)(H,44,47)/t17-,18+/m0/s1. The van der Waals surface area contributed by atoms with Gasteiger partial charge in [0.1, 0.15) is 15.8 Å². The van der Waals surface area contributed by atoms with Gasteiger partial charge in [0.05, 0.1) is 33.3 Å². The normalized spacial score (nSPS) is 17.6. The van der Waals surface area contributed by atoms with Crippen LogP contribution in [-0.4, -0.2) is 28.2 Å². The Bertz CT molecular complexity index is 1740. The Morgan fingerprint density at radius 1 is 0.745 bits per heavy atom. The first-order valence-electron chi connectivity index (χ1n) is 12.4. The van der Waals surface area contributed by atoms with Crippen molar-refractivity contribution in [3.05, 3.63) is 87.4 Å². The van der Waals surface area contributed by atoms with Gasteiger partial charge in [0, 0.05) is 11.6 Å². The topological polar surface area (TPSA) is 87.3 Å². The number of benzene rings is 3. The lowest BCUT2D eigenvalue weighted by atomic mass is 10.0. The molecule has 0 aromatic heterocycles. The zero-order valence-electron chi connectivity index (χ0n) is 22.3. The van der Waals surface area contributed by atoms with Crippen LogP contribution in [-0.2, 0) is 21.9 Å². The number of halogens is 14. The van der Waals surface area contributed by atoms with Gasteiger partial charge in [0.25, 0.3) is 5.91 Å². The summed E-state index contributed by atoms with van der Waals surface area (Å²) in [6.45, 7) is 0. The van der Waals surface area contributed by atoms with Gasteiger partial charge in [0.2, 0.25) is 5.91 Å². The lowest BCUT2D eigenvalue weighted by Crippen LogP contribution is -2.31. The van der Waals surface area contributed by atoms with Crippen molar-refractivity contribution in [2.75, 3.05) is 16.0 Å². The molecule has 3 amide bonds. The van der Waals surface area contributed by atoms with Gasteiger partial charge >= 0.3 is 24.4 Å². The monoisotopic (exact) mass is 741 g/mol. The number of hydrogen-bond donors (Lipinski definition) is 3. The summed E-state index contributed by atoms with van der Waals surface area (Å²) in [4.78, 5) is 37.0. The third-order valence-electron chi connectivity index (χ3n) is 6.62. The molecule has 0 aliphatic heterocycles. The van der Waals surface area contributed by atoms with E-state index in [1.54, 1.807) is 0 Å². The van der Waals surface area contributed by atoms with E-state index in [2.05, 4.69) is 5.32 Å². The van der Waals surface area contributed by atoms with E-state index in [4.69, 9.17) is 34.8 Å². The van der Waals surface area contributed by atoms with Crippen molar-refractivity contribution in [3.8, 4) is 0 Å². The molecule has 1 fully saturated rings. The number of anilines is 3. The molecule has 1 aliphatic carbocycles. The molecule has 4 rings (SSSR count). The maximum Gasteiger partial charge on any atom is 0.471 e. The molecule has 0 saturated heterocycles. The molecule has 2 atom stereocenters. The van der Waals surface area contributed by atoms with Crippen LogP contribution in [0.1, 0.15) is 33.0 Å². The van der Waals surface area contributed by atoms with Crippen LogP contribution in [0.4, 0.5) is 65.4 Å². The first kappa shape index (κ1) is 36.0. The zero-order chi connectivity index (χ0) is 35.4. The van der Waals surface area contributed by atoms with Gasteiger partial charge in [0.15, 0.2) is 5.82 Å². The highest BCUT2D eigenvalue weighted by atomic mass is 35.5. The van der Waals surface area contributed by atoms with Gasteiger partial charge in [-0.25, -0.2) is 8.78 Å². The minimum Gasteiger partial charge on any atom is -0.326 e. The second-order valence-electron chi connectivity index (χ2n) is 9.84. The SMILES string of the molecule is O=C(Nc1ccc(F)c(NC(=O)C(F)(F)F)c1F)c1cc(NC(=O)[C@H]2[C@H](c3cc(C(F)(F)F)cc(C(F)(F)F)c3)C2(Cl)Cl)ccc1Cl. The molecule has 0 radical (unpaired) electrons. The van der Waals surface area contributed by atoms with Gasteiger partial charge in [-0.3, -0.25) is 14.4 Å². The highest BCUT2D eigenvalue weighted by Crippen LogP contribution is 2.65. The van der Waals surface area contributed by atoms with Crippen LogP contribution < -0.4 is 16.0 Å². The van der Waals surface area contributed by atoms with E-state index in [1.165, 1.54) is 0 Å². The molecular weight excluding hydrogens is 730 g/mol. The molecule has 252 valence electrons. The van der Waals surface area contributed by atoms with Crippen molar-refractivity contribution < 1.29 is 62.7 Å². The van der Waals surface area contributed by atoms with E-state index >= 15 is 0 Å². The Morgan fingerprint density at radius 3 is 1.85 bits per heavy atom. The highest BCUT2D eigenvalue weighted by molar-refractivity contribution is 6.53. The first-order chi connectivity index (χ1) is 21.4.